The molecule has 2 aromatic carbocycles. The van der Waals surface area contributed by atoms with Gasteiger partial charge in [0.05, 0.1) is 13.0 Å². The molecule has 0 heterocycles. The number of hydrogen-bond donors (Lipinski definition) is 2. The second kappa shape index (κ2) is 8.08. The van der Waals surface area contributed by atoms with Crippen LogP contribution in [-0.4, -0.2) is 19.6 Å². The lowest BCUT2D eigenvalue weighted by Crippen LogP contribution is -2.20. The summed E-state index contributed by atoms with van der Waals surface area (Å²) in [5.41, 5.74) is 2.28. The molecule has 0 aliphatic heterocycles. The zero-order chi connectivity index (χ0) is 15.8. The van der Waals surface area contributed by atoms with Crippen LogP contribution < -0.4 is 15.4 Å². The van der Waals surface area contributed by atoms with Crippen LogP contribution in [0, 0.1) is 0 Å². The Labute approximate surface area is 131 Å². The second-order valence-electron chi connectivity index (χ2n) is 5.07. The number of hydrogen-bond acceptors (Lipinski definition) is 3. The van der Waals surface area contributed by atoms with Gasteiger partial charge in [0, 0.05) is 18.8 Å². The first-order valence-electron chi connectivity index (χ1n) is 7.44. The van der Waals surface area contributed by atoms with Crippen LogP contribution in [0.3, 0.4) is 0 Å². The summed E-state index contributed by atoms with van der Waals surface area (Å²) in [6, 6.07) is 18.3. The molecule has 0 saturated carbocycles. The number of nitrogens with one attached hydrogen (secondary N) is 2. The maximum atomic E-state index is 11.1. The first kappa shape index (κ1) is 15.9. The second-order valence-corrected chi connectivity index (χ2v) is 5.07. The van der Waals surface area contributed by atoms with E-state index in [9.17, 15) is 4.79 Å². The molecule has 0 aliphatic carbocycles. The summed E-state index contributed by atoms with van der Waals surface area (Å²) in [4.78, 5) is 11.1. The van der Waals surface area contributed by atoms with E-state index in [1.54, 1.807) is 7.05 Å². The van der Waals surface area contributed by atoms with Crippen LogP contribution in [0.2, 0.25) is 0 Å². The largest absolute Gasteiger partial charge is 0.493 e. The third-order valence-electron chi connectivity index (χ3n) is 3.41. The van der Waals surface area contributed by atoms with Crippen molar-refractivity contribution < 1.29 is 9.53 Å². The molecular formula is C18H22N2O2. The molecule has 0 spiro atoms. The maximum Gasteiger partial charge on any atom is 0.223 e. The van der Waals surface area contributed by atoms with E-state index in [-0.39, 0.29) is 11.9 Å². The SMILES string of the molecule is CNC(=O)CCOc1ccc(N[C@@H](C)c2ccccc2)cc1. The summed E-state index contributed by atoms with van der Waals surface area (Å²) in [6.45, 7) is 2.51. The van der Waals surface area contributed by atoms with Crippen molar-refractivity contribution in [1.82, 2.24) is 5.32 Å². The van der Waals surface area contributed by atoms with Crippen molar-refractivity contribution in [3.8, 4) is 5.75 Å². The third-order valence-corrected chi connectivity index (χ3v) is 3.41. The van der Waals surface area contributed by atoms with Crippen LogP contribution in [0.5, 0.6) is 5.75 Å². The Morgan fingerprint density at radius 3 is 2.41 bits per heavy atom. The molecule has 0 bridgehead atoms. The molecule has 4 nitrogen and oxygen atoms in total. The number of benzene rings is 2. The Balaban J connectivity index is 1.85. The molecule has 4 heteroatoms. The Morgan fingerprint density at radius 1 is 1.09 bits per heavy atom. The number of carbonyl (C=O) groups excluding carboxylic acids is 1. The summed E-state index contributed by atoms with van der Waals surface area (Å²) in [5.74, 6) is 0.747. The third kappa shape index (κ3) is 4.81. The van der Waals surface area contributed by atoms with Gasteiger partial charge in [0.2, 0.25) is 5.91 Å². The Kier molecular flexibility index (Phi) is 5.83. The molecule has 0 saturated heterocycles. The molecule has 0 fully saturated rings. The van der Waals surface area contributed by atoms with Crippen LogP contribution in [-0.2, 0) is 4.79 Å². The minimum Gasteiger partial charge on any atom is -0.493 e. The summed E-state index contributed by atoms with van der Waals surface area (Å²) < 4.78 is 5.53. The average molecular weight is 298 g/mol. The van der Waals surface area contributed by atoms with Gasteiger partial charge in [0.25, 0.3) is 0 Å². The number of carbonyl (C=O) groups is 1. The van der Waals surface area contributed by atoms with Gasteiger partial charge in [-0.05, 0) is 36.8 Å². The van der Waals surface area contributed by atoms with E-state index in [2.05, 4.69) is 29.7 Å². The molecule has 22 heavy (non-hydrogen) atoms. The van der Waals surface area contributed by atoms with Gasteiger partial charge in [-0.15, -0.1) is 0 Å². The molecule has 2 N–H and O–H groups in total. The highest BCUT2D eigenvalue weighted by molar-refractivity contribution is 5.75. The van der Waals surface area contributed by atoms with Gasteiger partial charge in [-0.1, -0.05) is 30.3 Å². The van der Waals surface area contributed by atoms with E-state index in [1.165, 1.54) is 5.56 Å². The number of anilines is 1. The van der Waals surface area contributed by atoms with Gasteiger partial charge in [-0.25, -0.2) is 0 Å². The van der Waals surface area contributed by atoms with E-state index >= 15 is 0 Å². The quantitative estimate of drug-likeness (QED) is 0.824. The highest BCUT2D eigenvalue weighted by atomic mass is 16.5. The Bertz CT molecular complexity index is 582. The van der Waals surface area contributed by atoms with Crippen molar-refractivity contribution in [2.24, 2.45) is 0 Å². The number of amides is 1. The fourth-order valence-electron chi connectivity index (χ4n) is 2.11. The molecule has 0 unspecified atom stereocenters. The topological polar surface area (TPSA) is 50.4 Å². The van der Waals surface area contributed by atoms with Crippen molar-refractivity contribution in [3.05, 3.63) is 60.2 Å². The zero-order valence-electron chi connectivity index (χ0n) is 13.0. The smallest absolute Gasteiger partial charge is 0.223 e. The molecule has 2 rings (SSSR count). The van der Waals surface area contributed by atoms with Crippen LogP contribution >= 0.6 is 0 Å². The number of rotatable bonds is 7. The van der Waals surface area contributed by atoms with E-state index in [4.69, 9.17) is 4.74 Å². The van der Waals surface area contributed by atoms with Crippen molar-refractivity contribution in [2.75, 3.05) is 19.0 Å². The van der Waals surface area contributed by atoms with Gasteiger partial charge in [-0.2, -0.15) is 0 Å². The van der Waals surface area contributed by atoms with Crippen LogP contribution in [0.15, 0.2) is 54.6 Å². The van der Waals surface area contributed by atoms with Crippen molar-refractivity contribution >= 4 is 11.6 Å². The fourth-order valence-corrected chi connectivity index (χ4v) is 2.11. The fraction of sp³-hybridized carbons (Fsp3) is 0.278. The lowest BCUT2D eigenvalue weighted by molar-refractivity contribution is -0.121. The molecular weight excluding hydrogens is 276 g/mol. The molecule has 0 aliphatic rings. The Hall–Kier alpha value is -2.49. The van der Waals surface area contributed by atoms with Gasteiger partial charge >= 0.3 is 0 Å². The molecule has 0 aromatic heterocycles. The van der Waals surface area contributed by atoms with Crippen molar-refractivity contribution in [3.63, 3.8) is 0 Å². The molecule has 1 atom stereocenters. The van der Waals surface area contributed by atoms with Crippen LogP contribution in [0.1, 0.15) is 24.9 Å². The molecule has 0 radical (unpaired) electrons. The van der Waals surface area contributed by atoms with Crippen molar-refractivity contribution in [2.45, 2.75) is 19.4 Å². The van der Waals surface area contributed by atoms with Gasteiger partial charge in [0.1, 0.15) is 5.75 Å². The van der Waals surface area contributed by atoms with E-state index in [0.29, 0.717) is 13.0 Å². The van der Waals surface area contributed by atoms with Crippen LogP contribution in [0.4, 0.5) is 5.69 Å². The predicted molar refractivity (Wildman–Crippen MR) is 89.1 cm³/mol. The first-order chi connectivity index (χ1) is 10.7. The first-order valence-corrected chi connectivity index (χ1v) is 7.44. The minimum absolute atomic E-state index is 0.0185. The molecule has 1 amide bonds. The maximum absolute atomic E-state index is 11.1. The van der Waals surface area contributed by atoms with Gasteiger partial charge in [0.15, 0.2) is 0 Å². The van der Waals surface area contributed by atoms with Crippen LogP contribution in [0.25, 0.3) is 0 Å². The zero-order valence-corrected chi connectivity index (χ0v) is 13.0. The van der Waals surface area contributed by atoms with Gasteiger partial charge in [-0.3, -0.25) is 4.79 Å². The highest BCUT2D eigenvalue weighted by Crippen LogP contribution is 2.21. The number of ether oxygens (including phenoxy) is 1. The van der Waals surface area contributed by atoms with Gasteiger partial charge < -0.3 is 15.4 Å². The lowest BCUT2D eigenvalue weighted by Gasteiger charge is -2.16. The van der Waals surface area contributed by atoms with E-state index < -0.39 is 0 Å². The Morgan fingerprint density at radius 2 is 1.77 bits per heavy atom. The molecule has 116 valence electrons. The summed E-state index contributed by atoms with van der Waals surface area (Å²) in [7, 11) is 1.62. The average Bonchev–Trinajstić information content (AvgIpc) is 2.57. The normalized spacial score (nSPS) is 11.5. The van der Waals surface area contributed by atoms with Crippen molar-refractivity contribution in [1.29, 1.82) is 0 Å². The lowest BCUT2D eigenvalue weighted by atomic mass is 10.1. The van der Waals surface area contributed by atoms with E-state index in [1.807, 2.05) is 42.5 Å². The highest BCUT2D eigenvalue weighted by Gasteiger charge is 2.04. The monoisotopic (exact) mass is 298 g/mol. The summed E-state index contributed by atoms with van der Waals surface area (Å²) in [5, 5.41) is 6.02. The predicted octanol–water partition coefficient (Wildman–Crippen LogP) is 3.37. The van der Waals surface area contributed by atoms with E-state index in [0.717, 1.165) is 11.4 Å². The summed E-state index contributed by atoms with van der Waals surface area (Å²) in [6.07, 6.45) is 0.363. The standard InChI is InChI=1S/C18H22N2O2/c1-14(15-6-4-3-5-7-15)20-16-8-10-17(11-9-16)22-13-12-18(21)19-2/h3-11,14,20H,12-13H2,1-2H3,(H,19,21)/t14-/m0/s1. The minimum atomic E-state index is -0.0185. The molecule has 2 aromatic rings. The summed E-state index contributed by atoms with van der Waals surface area (Å²) >= 11 is 0.